The van der Waals surface area contributed by atoms with E-state index >= 15 is 0 Å². The maximum atomic E-state index is 5.95. The van der Waals surface area contributed by atoms with Gasteiger partial charge in [0.2, 0.25) is 0 Å². The highest BCUT2D eigenvalue weighted by Gasteiger charge is 2.57. The molecule has 0 amide bonds. The Morgan fingerprint density at radius 3 is 2.56 bits per heavy atom. The van der Waals surface area contributed by atoms with Crippen LogP contribution in [0.2, 0.25) is 0 Å². The van der Waals surface area contributed by atoms with Gasteiger partial charge in [0.1, 0.15) is 0 Å². The lowest BCUT2D eigenvalue weighted by molar-refractivity contribution is 0.0913. The molecule has 0 spiro atoms. The molecule has 1 nitrogen and oxygen atoms in total. The Labute approximate surface area is 60.3 Å². The smallest absolute Gasteiger partial charge is 0.0617 e. The molecule has 2 heteroatoms. The van der Waals surface area contributed by atoms with Crippen LogP contribution in [0, 0.1) is 11.8 Å². The standard InChI is InChI=1S/C7H11ClO/c1-9-5-3-2-4-6(5)7(4)8/h4-7H,2-3H2,1H3/t4-,5-,6-,7+/m1/s1. The molecule has 0 aliphatic heterocycles. The number of rotatable bonds is 1. The van der Waals surface area contributed by atoms with Crippen LogP contribution in [0.1, 0.15) is 12.8 Å². The van der Waals surface area contributed by atoms with E-state index in [-0.39, 0.29) is 0 Å². The molecule has 0 bridgehead atoms. The van der Waals surface area contributed by atoms with Gasteiger partial charge in [-0.1, -0.05) is 0 Å². The van der Waals surface area contributed by atoms with Crippen LogP contribution in [0.5, 0.6) is 0 Å². The summed E-state index contributed by atoms with van der Waals surface area (Å²) in [5, 5.41) is 0.448. The number of hydrogen-bond acceptors (Lipinski definition) is 1. The van der Waals surface area contributed by atoms with Gasteiger partial charge in [-0.2, -0.15) is 0 Å². The summed E-state index contributed by atoms with van der Waals surface area (Å²) in [6.07, 6.45) is 3.00. The summed E-state index contributed by atoms with van der Waals surface area (Å²) in [6.45, 7) is 0. The zero-order valence-electron chi connectivity index (χ0n) is 5.51. The van der Waals surface area contributed by atoms with Gasteiger partial charge in [-0.15, -0.1) is 11.6 Å². The van der Waals surface area contributed by atoms with Crippen LogP contribution in [0.15, 0.2) is 0 Å². The minimum Gasteiger partial charge on any atom is -0.381 e. The molecule has 0 aromatic heterocycles. The van der Waals surface area contributed by atoms with Crippen molar-refractivity contribution in [3.63, 3.8) is 0 Å². The van der Waals surface area contributed by atoms with E-state index in [0.717, 1.165) is 5.92 Å². The van der Waals surface area contributed by atoms with E-state index in [2.05, 4.69) is 0 Å². The number of halogens is 1. The van der Waals surface area contributed by atoms with Crippen LogP contribution in [0.25, 0.3) is 0 Å². The largest absolute Gasteiger partial charge is 0.381 e. The second kappa shape index (κ2) is 1.86. The van der Waals surface area contributed by atoms with Crippen molar-refractivity contribution in [1.82, 2.24) is 0 Å². The lowest BCUT2D eigenvalue weighted by Gasteiger charge is -2.08. The highest BCUT2D eigenvalue weighted by Crippen LogP contribution is 2.56. The molecule has 52 valence electrons. The third kappa shape index (κ3) is 0.714. The molecular weight excluding hydrogens is 136 g/mol. The molecule has 0 aromatic carbocycles. The summed E-state index contributed by atoms with van der Waals surface area (Å²) >= 11 is 5.95. The number of ether oxygens (including phenoxy) is 1. The van der Waals surface area contributed by atoms with E-state index in [1.807, 2.05) is 0 Å². The Kier molecular flexibility index (Phi) is 1.24. The average Bonchev–Trinajstić information content (AvgIpc) is 2.41. The first-order valence-electron chi connectivity index (χ1n) is 3.51. The highest BCUT2D eigenvalue weighted by atomic mass is 35.5. The van der Waals surface area contributed by atoms with Crippen molar-refractivity contribution in [2.24, 2.45) is 11.8 Å². The highest BCUT2D eigenvalue weighted by molar-refractivity contribution is 6.23. The molecule has 0 heterocycles. The second-order valence-electron chi connectivity index (χ2n) is 3.04. The first kappa shape index (κ1) is 5.99. The van der Waals surface area contributed by atoms with Crippen LogP contribution in [0.3, 0.4) is 0 Å². The molecule has 0 radical (unpaired) electrons. The molecule has 2 saturated carbocycles. The zero-order valence-corrected chi connectivity index (χ0v) is 6.27. The molecular formula is C7H11ClO. The van der Waals surface area contributed by atoms with Gasteiger partial charge >= 0.3 is 0 Å². The Bertz CT molecular complexity index is 126. The van der Waals surface area contributed by atoms with Crippen LogP contribution in [-0.4, -0.2) is 18.6 Å². The van der Waals surface area contributed by atoms with Crippen molar-refractivity contribution in [1.29, 1.82) is 0 Å². The Morgan fingerprint density at radius 1 is 1.44 bits per heavy atom. The van der Waals surface area contributed by atoms with E-state index in [9.17, 15) is 0 Å². The molecule has 2 aliphatic rings. The van der Waals surface area contributed by atoms with Gasteiger partial charge in [0.15, 0.2) is 0 Å². The van der Waals surface area contributed by atoms with Crippen LogP contribution < -0.4 is 0 Å². The first-order chi connectivity index (χ1) is 4.34. The molecule has 9 heavy (non-hydrogen) atoms. The van der Waals surface area contributed by atoms with Gasteiger partial charge in [0.25, 0.3) is 0 Å². The fourth-order valence-corrected chi connectivity index (χ4v) is 2.57. The Morgan fingerprint density at radius 2 is 2.22 bits per heavy atom. The van der Waals surface area contributed by atoms with E-state index < -0.39 is 0 Å². The maximum absolute atomic E-state index is 5.95. The summed E-state index contributed by atoms with van der Waals surface area (Å²) in [6, 6.07) is 0. The second-order valence-corrected chi connectivity index (χ2v) is 3.54. The lowest BCUT2D eigenvalue weighted by Crippen LogP contribution is -2.11. The van der Waals surface area contributed by atoms with Crippen molar-refractivity contribution in [2.75, 3.05) is 7.11 Å². The van der Waals surface area contributed by atoms with Gasteiger partial charge in [-0.3, -0.25) is 0 Å². The van der Waals surface area contributed by atoms with Gasteiger partial charge in [0.05, 0.1) is 6.10 Å². The summed E-state index contributed by atoms with van der Waals surface area (Å²) < 4.78 is 5.25. The fourth-order valence-electron chi connectivity index (χ4n) is 2.01. The molecule has 0 aromatic rings. The van der Waals surface area contributed by atoms with Crippen LogP contribution in [-0.2, 0) is 4.74 Å². The average molecular weight is 147 g/mol. The van der Waals surface area contributed by atoms with Gasteiger partial charge in [0, 0.05) is 18.4 Å². The number of hydrogen-bond donors (Lipinski definition) is 0. The summed E-state index contributed by atoms with van der Waals surface area (Å²) in [7, 11) is 1.79. The minimum atomic E-state index is 0.448. The third-order valence-electron chi connectivity index (χ3n) is 2.65. The molecule has 0 unspecified atom stereocenters. The van der Waals surface area contributed by atoms with E-state index in [0.29, 0.717) is 17.4 Å². The van der Waals surface area contributed by atoms with Crippen molar-refractivity contribution >= 4 is 11.6 Å². The number of fused-ring (bicyclic) bond motifs is 1. The normalized spacial score (nSPS) is 55.3. The molecule has 2 rings (SSSR count). The molecule has 2 aliphatic carbocycles. The van der Waals surface area contributed by atoms with E-state index in [1.54, 1.807) is 7.11 Å². The van der Waals surface area contributed by atoms with E-state index in [4.69, 9.17) is 16.3 Å². The zero-order chi connectivity index (χ0) is 6.43. The summed E-state index contributed by atoms with van der Waals surface area (Å²) in [5.41, 5.74) is 0. The topological polar surface area (TPSA) is 9.23 Å². The summed E-state index contributed by atoms with van der Waals surface area (Å²) in [5.74, 6) is 1.51. The van der Waals surface area contributed by atoms with Crippen LogP contribution >= 0.6 is 11.6 Å². The van der Waals surface area contributed by atoms with Crippen molar-refractivity contribution in [2.45, 2.75) is 24.3 Å². The SMILES string of the molecule is CO[C@@H]1CC[C@H]2[C@H](Cl)[C@H]21. The molecule has 2 fully saturated rings. The number of alkyl halides is 1. The monoisotopic (exact) mass is 146 g/mol. The Balaban J connectivity index is 1.99. The van der Waals surface area contributed by atoms with Gasteiger partial charge in [-0.05, 0) is 18.8 Å². The predicted octanol–water partition coefficient (Wildman–Crippen LogP) is 1.65. The Hall–Kier alpha value is 0.250. The van der Waals surface area contributed by atoms with Crippen molar-refractivity contribution < 1.29 is 4.74 Å². The molecule has 0 saturated heterocycles. The lowest BCUT2D eigenvalue weighted by atomic mass is 10.2. The minimum absolute atomic E-state index is 0.448. The third-order valence-corrected chi connectivity index (χ3v) is 3.26. The van der Waals surface area contributed by atoms with Gasteiger partial charge < -0.3 is 4.74 Å². The van der Waals surface area contributed by atoms with Crippen molar-refractivity contribution in [3.05, 3.63) is 0 Å². The fraction of sp³-hybridized carbons (Fsp3) is 1.00. The van der Waals surface area contributed by atoms with Gasteiger partial charge in [-0.25, -0.2) is 0 Å². The maximum Gasteiger partial charge on any atom is 0.0617 e. The summed E-state index contributed by atoms with van der Waals surface area (Å²) in [4.78, 5) is 0. The predicted molar refractivity (Wildman–Crippen MR) is 36.7 cm³/mol. The number of methoxy groups -OCH3 is 1. The molecule has 0 N–H and O–H groups in total. The van der Waals surface area contributed by atoms with Crippen LogP contribution in [0.4, 0.5) is 0 Å². The molecule has 4 atom stereocenters. The quantitative estimate of drug-likeness (QED) is 0.512. The van der Waals surface area contributed by atoms with E-state index in [1.165, 1.54) is 12.8 Å². The van der Waals surface area contributed by atoms with Crippen molar-refractivity contribution in [3.8, 4) is 0 Å². The first-order valence-corrected chi connectivity index (χ1v) is 3.95.